The first-order valence-electron chi connectivity index (χ1n) is 21.9. The fraction of sp³-hybridized carbons (Fsp3) is 0.909. The lowest BCUT2D eigenvalue weighted by Gasteiger charge is -2.24. The summed E-state index contributed by atoms with van der Waals surface area (Å²) in [5.41, 5.74) is 0. The SMILES string of the molecule is CCCCCCCCC/C=C\CCCC(CC(=O)NC(CO)C(O)CCCCCCCCCCCC)OC(=O)CCCCCCCCCCC. The molecule has 0 spiro atoms. The van der Waals surface area contributed by atoms with Crippen LogP contribution in [0.4, 0.5) is 0 Å². The van der Waals surface area contributed by atoms with Crippen LogP contribution in [0.2, 0.25) is 0 Å². The van der Waals surface area contributed by atoms with Crippen LogP contribution in [0.3, 0.4) is 0 Å². The zero-order valence-corrected chi connectivity index (χ0v) is 33.5. The van der Waals surface area contributed by atoms with Crippen molar-refractivity contribution in [3.8, 4) is 0 Å². The molecule has 0 aromatic carbocycles. The van der Waals surface area contributed by atoms with Crippen LogP contribution in [0.1, 0.15) is 233 Å². The standard InChI is InChI=1S/C44H85NO5/c1-4-7-10-13-16-19-21-22-24-26-29-32-35-40(50-44(49)37-34-31-28-23-18-15-12-9-6-3)38-43(48)45-41(39-46)42(47)36-33-30-27-25-20-17-14-11-8-5-2/h24,26,40-42,46-47H,4-23,25,27-39H2,1-3H3,(H,45,48)/b26-24-. The molecule has 0 aromatic heterocycles. The molecule has 0 aliphatic carbocycles. The van der Waals surface area contributed by atoms with Crippen LogP contribution in [-0.2, 0) is 14.3 Å². The number of amides is 1. The van der Waals surface area contributed by atoms with E-state index in [1.807, 2.05) is 0 Å². The molecule has 0 bridgehead atoms. The number of hydrogen-bond acceptors (Lipinski definition) is 5. The van der Waals surface area contributed by atoms with Crippen molar-refractivity contribution in [1.82, 2.24) is 5.32 Å². The second kappa shape index (κ2) is 38.8. The summed E-state index contributed by atoms with van der Waals surface area (Å²) in [5.74, 6) is -0.499. The highest BCUT2D eigenvalue weighted by Gasteiger charge is 2.24. The van der Waals surface area contributed by atoms with Gasteiger partial charge in [-0.15, -0.1) is 0 Å². The number of unbranched alkanes of at least 4 members (excludes halogenated alkanes) is 25. The summed E-state index contributed by atoms with van der Waals surface area (Å²) in [4.78, 5) is 25.8. The Kier molecular flexibility index (Phi) is 37.7. The number of esters is 1. The summed E-state index contributed by atoms with van der Waals surface area (Å²) in [7, 11) is 0. The van der Waals surface area contributed by atoms with Crippen molar-refractivity contribution in [2.24, 2.45) is 0 Å². The Morgan fingerprint density at radius 3 is 1.46 bits per heavy atom. The van der Waals surface area contributed by atoms with Gasteiger partial charge in [0.05, 0.1) is 25.2 Å². The van der Waals surface area contributed by atoms with E-state index in [1.54, 1.807) is 0 Å². The van der Waals surface area contributed by atoms with Gasteiger partial charge < -0.3 is 20.3 Å². The van der Waals surface area contributed by atoms with E-state index in [4.69, 9.17) is 4.74 Å². The summed E-state index contributed by atoms with van der Waals surface area (Å²) in [6.45, 7) is 6.43. The van der Waals surface area contributed by atoms with E-state index >= 15 is 0 Å². The molecule has 0 fully saturated rings. The average Bonchev–Trinajstić information content (AvgIpc) is 3.10. The fourth-order valence-electron chi connectivity index (χ4n) is 6.72. The highest BCUT2D eigenvalue weighted by molar-refractivity contribution is 5.77. The van der Waals surface area contributed by atoms with E-state index in [-0.39, 0.29) is 24.9 Å². The van der Waals surface area contributed by atoms with Crippen molar-refractivity contribution < 1.29 is 24.5 Å². The van der Waals surface area contributed by atoms with Crippen molar-refractivity contribution in [2.45, 2.75) is 251 Å². The van der Waals surface area contributed by atoms with Crippen LogP contribution in [0.25, 0.3) is 0 Å². The maximum atomic E-state index is 13.1. The Morgan fingerprint density at radius 1 is 0.560 bits per heavy atom. The van der Waals surface area contributed by atoms with Crippen molar-refractivity contribution in [2.75, 3.05) is 6.61 Å². The molecule has 6 nitrogen and oxygen atoms in total. The van der Waals surface area contributed by atoms with E-state index in [2.05, 4.69) is 38.2 Å². The maximum Gasteiger partial charge on any atom is 0.306 e. The highest BCUT2D eigenvalue weighted by atomic mass is 16.5. The minimum atomic E-state index is -0.785. The lowest BCUT2D eigenvalue weighted by molar-refractivity contribution is -0.151. The number of carbonyl (C=O) groups is 2. The Labute approximate surface area is 310 Å². The summed E-state index contributed by atoms with van der Waals surface area (Å²) < 4.78 is 5.86. The molecule has 3 unspecified atom stereocenters. The van der Waals surface area contributed by atoms with E-state index in [0.29, 0.717) is 19.3 Å². The van der Waals surface area contributed by atoms with Gasteiger partial charge in [-0.25, -0.2) is 0 Å². The second-order valence-corrected chi connectivity index (χ2v) is 15.1. The normalized spacial score (nSPS) is 13.5. The summed E-state index contributed by atoms with van der Waals surface area (Å²) >= 11 is 0. The monoisotopic (exact) mass is 708 g/mol. The summed E-state index contributed by atoms with van der Waals surface area (Å²) in [5, 5.41) is 23.5. The van der Waals surface area contributed by atoms with Gasteiger partial charge in [-0.1, -0.05) is 187 Å². The van der Waals surface area contributed by atoms with Gasteiger partial charge in [-0.3, -0.25) is 9.59 Å². The first-order chi connectivity index (χ1) is 24.5. The molecule has 3 atom stereocenters. The lowest BCUT2D eigenvalue weighted by Crippen LogP contribution is -2.46. The van der Waals surface area contributed by atoms with E-state index in [9.17, 15) is 19.8 Å². The molecular formula is C44H85NO5. The van der Waals surface area contributed by atoms with Crippen molar-refractivity contribution in [1.29, 1.82) is 0 Å². The highest BCUT2D eigenvalue weighted by Crippen LogP contribution is 2.17. The maximum absolute atomic E-state index is 13.1. The average molecular weight is 708 g/mol. The van der Waals surface area contributed by atoms with Gasteiger partial charge in [0.15, 0.2) is 0 Å². The zero-order valence-electron chi connectivity index (χ0n) is 33.5. The Hall–Kier alpha value is -1.40. The molecule has 296 valence electrons. The van der Waals surface area contributed by atoms with E-state index in [0.717, 1.165) is 57.8 Å². The lowest BCUT2D eigenvalue weighted by atomic mass is 10.0. The first kappa shape index (κ1) is 48.6. The number of nitrogens with one attached hydrogen (secondary N) is 1. The van der Waals surface area contributed by atoms with Crippen molar-refractivity contribution in [3.05, 3.63) is 12.2 Å². The molecule has 0 saturated carbocycles. The quantitative estimate of drug-likeness (QED) is 0.0336. The molecule has 0 aliphatic heterocycles. The first-order valence-corrected chi connectivity index (χ1v) is 21.9. The third-order valence-electron chi connectivity index (χ3n) is 10.1. The van der Waals surface area contributed by atoms with E-state index < -0.39 is 18.2 Å². The minimum absolute atomic E-state index is 0.0622. The number of aliphatic hydroxyl groups is 2. The summed E-state index contributed by atoms with van der Waals surface area (Å²) in [6.07, 6.45) is 39.9. The third kappa shape index (κ3) is 33.7. The number of aliphatic hydroxyl groups excluding tert-OH is 2. The molecule has 0 saturated heterocycles. The Morgan fingerprint density at radius 2 is 0.980 bits per heavy atom. The van der Waals surface area contributed by atoms with Crippen molar-refractivity contribution >= 4 is 11.9 Å². The number of ether oxygens (including phenoxy) is 1. The van der Waals surface area contributed by atoms with Crippen LogP contribution < -0.4 is 5.32 Å². The van der Waals surface area contributed by atoms with E-state index in [1.165, 1.54) is 128 Å². The molecule has 3 N–H and O–H groups in total. The van der Waals surface area contributed by atoms with Crippen LogP contribution in [0.5, 0.6) is 0 Å². The van der Waals surface area contributed by atoms with Crippen LogP contribution >= 0.6 is 0 Å². The van der Waals surface area contributed by atoms with Crippen molar-refractivity contribution in [3.63, 3.8) is 0 Å². The predicted octanol–water partition coefficient (Wildman–Crippen LogP) is 12.2. The van der Waals surface area contributed by atoms with Gasteiger partial charge in [0, 0.05) is 6.42 Å². The molecular weight excluding hydrogens is 622 g/mol. The van der Waals surface area contributed by atoms with Gasteiger partial charge >= 0.3 is 5.97 Å². The number of carbonyl (C=O) groups excluding carboxylic acids is 2. The number of rotatable bonds is 39. The van der Waals surface area contributed by atoms with Gasteiger partial charge in [0.1, 0.15) is 6.10 Å². The van der Waals surface area contributed by atoms with Crippen LogP contribution in [0.15, 0.2) is 12.2 Å². The Balaban J connectivity index is 4.62. The molecule has 6 heteroatoms. The predicted molar refractivity (Wildman–Crippen MR) is 213 cm³/mol. The van der Waals surface area contributed by atoms with Gasteiger partial charge in [0.25, 0.3) is 0 Å². The molecule has 1 amide bonds. The Bertz CT molecular complexity index is 757. The third-order valence-corrected chi connectivity index (χ3v) is 10.1. The molecule has 50 heavy (non-hydrogen) atoms. The number of hydrogen-bond donors (Lipinski definition) is 3. The smallest absolute Gasteiger partial charge is 0.306 e. The zero-order chi connectivity index (χ0) is 36.8. The molecule has 0 aliphatic rings. The van der Waals surface area contributed by atoms with Gasteiger partial charge in [0.2, 0.25) is 5.91 Å². The van der Waals surface area contributed by atoms with Gasteiger partial charge in [-0.2, -0.15) is 0 Å². The second-order valence-electron chi connectivity index (χ2n) is 15.1. The minimum Gasteiger partial charge on any atom is -0.462 e. The molecule has 0 heterocycles. The molecule has 0 radical (unpaired) electrons. The van der Waals surface area contributed by atoms with Crippen LogP contribution in [0, 0.1) is 0 Å². The topological polar surface area (TPSA) is 95.9 Å². The summed E-state index contributed by atoms with van der Waals surface area (Å²) in [6, 6.07) is -0.700. The largest absolute Gasteiger partial charge is 0.462 e. The fourth-order valence-corrected chi connectivity index (χ4v) is 6.72. The number of allylic oxidation sites excluding steroid dienone is 2. The van der Waals surface area contributed by atoms with Crippen LogP contribution in [-0.4, -0.2) is 46.9 Å². The van der Waals surface area contributed by atoms with Gasteiger partial charge in [-0.05, 0) is 44.9 Å². The molecule has 0 rings (SSSR count). The molecule has 0 aromatic rings.